The Morgan fingerprint density at radius 3 is 2.42 bits per heavy atom. The molecule has 0 aliphatic rings. The molecule has 0 heterocycles. The summed E-state index contributed by atoms with van der Waals surface area (Å²) in [5.41, 5.74) is -0.762. The van der Waals surface area contributed by atoms with E-state index in [4.69, 9.17) is 4.74 Å². The summed E-state index contributed by atoms with van der Waals surface area (Å²) in [6, 6.07) is 2.74. The molecule has 4 nitrogen and oxygen atoms in total. The topological polar surface area (TPSA) is 61.7 Å². The summed E-state index contributed by atoms with van der Waals surface area (Å²) in [5.74, 6) is -0.113. The Balaban J connectivity index is 3.09. The second-order valence-corrected chi connectivity index (χ2v) is 4.02. The molecule has 2 unspecified atom stereocenters. The number of hydrogen-bond donors (Lipinski definition) is 3. The van der Waals surface area contributed by atoms with Crippen molar-refractivity contribution in [3.05, 3.63) is 29.3 Å². The third-order valence-electron chi connectivity index (χ3n) is 2.66. The van der Waals surface area contributed by atoms with Crippen molar-refractivity contribution in [1.82, 2.24) is 5.32 Å². The first kappa shape index (κ1) is 15.7. The zero-order valence-corrected chi connectivity index (χ0v) is 10.5. The van der Waals surface area contributed by atoms with Gasteiger partial charge in [-0.05, 0) is 19.2 Å². The fourth-order valence-electron chi connectivity index (χ4n) is 1.66. The van der Waals surface area contributed by atoms with E-state index in [0.717, 1.165) is 18.2 Å². The van der Waals surface area contributed by atoms with E-state index in [0.29, 0.717) is 0 Å². The number of nitrogens with one attached hydrogen (secondary N) is 1. The molecule has 1 aromatic rings. The van der Waals surface area contributed by atoms with Crippen LogP contribution in [0.5, 0.6) is 5.75 Å². The molecule has 0 aliphatic carbocycles. The molecular weight excluding hydrogens is 263 g/mol. The van der Waals surface area contributed by atoms with Gasteiger partial charge in [-0.3, -0.25) is 0 Å². The Morgan fingerprint density at radius 1 is 1.32 bits per heavy atom. The average Bonchev–Trinajstić information content (AvgIpc) is 2.36. The molecule has 0 aliphatic heterocycles. The molecule has 0 bridgehead atoms. The van der Waals surface area contributed by atoms with Crippen molar-refractivity contribution in [3.8, 4) is 5.75 Å². The number of rotatable bonds is 5. The Labute approximate surface area is 108 Å². The first-order valence-corrected chi connectivity index (χ1v) is 5.57. The lowest BCUT2D eigenvalue weighted by Gasteiger charge is -2.21. The predicted octanol–water partition coefficient (Wildman–Crippen LogP) is 1.33. The summed E-state index contributed by atoms with van der Waals surface area (Å²) >= 11 is 0. The number of methoxy groups -OCH3 is 1. The van der Waals surface area contributed by atoms with Crippen LogP contribution in [0.15, 0.2) is 18.2 Å². The van der Waals surface area contributed by atoms with Crippen molar-refractivity contribution in [3.63, 3.8) is 0 Å². The van der Waals surface area contributed by atoms with E-state index in [1.165, 1.54) is 7.11 Å². The Bertz CT molecular complexity index is 423. The monoisotopic (exact) mass is 279 g/mol. The van der Waals surface area contributed by atoms with Gasteiger partial charge in [-0.1, -0.05) is 6.07 Å². The second kappa shape index (κ2) is 6.23. The van der Waals surface area contributed by atoms with Crippen LogP contribution in [0, 0.1) is 0 Å². The molecule has 0 aromatic heterocycles. The van der Waals surface area contributed by atoms with Gasteiger partial charge in [0.05, 0.1) is 18.8 Å². The van der Waals surface area contributed by atoms with Crippen molar-refractivity contribution in [2.75, 3.05) is 20.7 Å². The molecular formula is C12H16F3NO3. The third-order valence-corrected chi connectivity index (χ3v) is 2.66. The lowest BCUT2D eigenvalue weighted by molar-refractivity contribution is -0.137. The van der Waals surface area contributed by atoms with E-state index >= 15 is 0 Å². The number of aliphatic hydroxyl groups is 2. The SMILES string of the molecule is CNCC(O)C(O)c1ccc(C(F)(F)F)cc1OC. The molecule has 0 spiro atoms. The lowest BCUT2D eigenvalue weighted by Crippen LogP contribution is -2.29. The van der Waals surface area contributed by atoms with Crippen molar-refractivity contribution in [2.45, 2.75) is 18.4 Å². The minimum Gasteiger partial charge on any atom is -0.496 e. The molecule has 0 amide bonds. The molecule has 0 saturated heterocycles. The van der Waals surface area contributed by atoms with Crippen LogP contribution in [0.1, 0.15) is 17.2 Å². The highest BCUT2D eigenvalue weighted by molar-refractivity contribution is 5.40. The van der Waals surface area contributed by atoms with E-state index in [1.54, 1.807) is 7.05 Å². The Kier molecular flexibility index (Phi) is 5.16. The Hall–Kier alpha value is -1.31. The summed E-state index contributed by atoms with van der Waals surface area (Å²) in [6.45, 7) is 0.103. The fourth-order valence-corrected chi connectivity index (χ4v) is 1.66. The van der Waals surface area contributed by atoms with Crippen molar-refractivity contribution >= 4 is 0 Å². The van der Waals surface area contributed by atoms with Crippen molar-refractivity contribution < 1.29 is 28.1 Å². The number of hydrogen-bond acceptors (Lipinski definition) is 4. The van der Waals surface area contributed by atoms with Gasteiger partial charge in [0.2, 0.25) is 0 Å². The van der Waals surface area contributed by atoms with Gasteiger partial charge in [0.1, 0.15) is 11.9 Å². The van der Waals surface area contributed by atoms with E-state index in [-0.39, 0.29) is 17.9 Å². The van der Waals surface area contributed by atoms with Gasteiger partial charge in [0, 0.05) is 12.1 Å². The number of aliphatic hydroxyl groups excluding tert-OH is 2. The van der Waals surface area contributed by atoms with Gasteiger partial charge >= 0.3 is 6.18 Å². The van der Waals surface area contributed by atoms with Gasteiger partial charge in [0.15, 0.2) is 0 Å². The largest absolute Gasteiger partial charge is 0.496 e. The summed E-state index contributed by atoms with van der Waals surface area (Å²) in [6.07, 6.45) is -6.96. The van der Waals surface area contributed by atoms with E-state index < -0.39 is 23.9 Å². The van der Waals surface area contributed by atoms with E-state index in [2.05, 4.69) is 5.32 Å². The molecule has 3 N–H and O–H groups in total. The molecule has 108 valence electrons. The summed E-state index contributed by atoms with van der Waals surface area (Å²) in [5, 5.41) is 22.2. The van der Waals surface area contributed by atoms with Crippen LogP contribution in [0.4, 0.5) is 13.2 Å². The summed E-state index contributed by atoms with van der Waals surface area (Å²) in [7, 11) is 2.79. The average molecular weight is 279 g/mol. The highest BCUT2D eigenvalue weighted by Gasteiger charge is 2.32. The highest BCUT2D eigenvalue weighted by atomic mass is 19.4. The van der Waals surface area contributed by atoms with E-state index in [1.807, 2.05) is 0 Å². The van der Waals surface area contributed by atoms with Crippen LogP contribution in [0.25, 0.3) is 0 Å². The van der Waals surface area contributed by atoms with Gasteiger partial charge in [-0.25, -0.2) is 0 Å². The van der Waals surface area contributed by atoms with Crippen LogP contribution in [0.2, 0.25) is 0 Å². The zero-order valence-electron chi connectivity index (χ0n) is 10.5. The first-order valence-electron chi connectivity index (χ1n) is 5.57. The smallest absolute Gasteiger partial charge is 0.416 e. The molecule has 2 atom stereocenters. The number of likely N-dealkylation sites (N-methyl/N-ethyl adjacent to an activating group) is 1. The molecule has 7 heteroatoms. The molecule has 0 radical (unpaired) electrons. The first-order chi connectivity index (χ1) is 8.81. The van der Waals surface area contributed by atoms with Crippen LogP contribution in [-0.2, 0) is 6.18 Å². The lowest BCUT2D eigenvalue weighted by atomic mass is 10.0. The molecule has 19 heavy (non-hydrogen) atoms. The number of ether oxygens (including phenoxy) is 1. The standard InChI is InChI=1S/C12H16F3NO3/c1-16-6-9(17)11(18)8-4-3-7(12(13,14)15)5-10(8)19-2/h3-5,9,11,16-18H,6H2,1-2H3. The fraction of sp³-hybridized carbons (Fsp3) is 0.500. The quantitative estimate of drug-likeness (QED) is 0.761. The molecule has 0 saturated carbocycles. The van der Waals surface area contributed by atoms with Crippen molar-refractivity contribution in [2.24, 2.45) is 0 Å². The maximum absolute atomic E-state index is 12.5. The van der Waals surface area contributed by atoms with Gasteiger partial charge in [-0.15, -0.1) is 0 Å². The zero-order chi connectivity index (χ0) is 14.6. The molecule has 0 fully saturated rings. The van der Waals surface area contributed by atoms with Gasteiger partial charge in [-0.2, -0.15) is 13.2 Å². The van der Waals surface area contributed by atoms with E-state index in [9.17, 15) is 23.4 Å². The summed E-state index contributed by atoms with van der Waals surface area (Å²) < 4.78 is 42.5. The van der Waals surface area contributed by atoms with Crippen LogP contribution in [-0.4, -0.2) is 37.0 Å². The third kappa shape index (κ3) is 3.82. The van der Waals surface area contributed by atoms with Crippen LogP contribution < -0.4 is 10.1 Å². The normalized spacial score (nSPS) is 15.1. The van der Waals surface area contributed by atoms with Crippen LogP contribution >= 0.6 is 0 Å². The molecule has 1 rings (SSSR count). The van der Waals surface area contributed by atoms with Crippen molar-refractivity contribution in [1.29, 1.82) is 0 Å². The second-order valence-electron chi connectivity index (χ2n) is 4.02. The number of halogens is 3. The highest BCUT2D eigenvalue weighted by Crippen LogP contribution is 2.35. The maximum Gasteiger partial charge on any atom is 0.416 e. The minimum atomic E-state index is -4.49. The number of benzene rings is 1. The van der Waals surface area contributed by atoms with Crippen LogP contribution in [0.3, 0.4) is 0 Å². The molecule has 1 aromatic carbocycles. The predicted molar refractivity (Wildman–Crippen MR) is 62.9 cm³/mol. The summed E-state index contributed by atoms with van der Waals surface area (Å²) in [4.78, 5) is 0. The van der Waals surface area contributed by atoms with Gasteiger partial charge < -0.3 is 20.3 Å². The maximum atomic E-state index is 12.5. The van der Waals surface area contributed by atoms with Gasteiger partial charge in [0.25, 0.3) is 0 Å². The minimum absolute atomic E-state index is 0.103. The Morgan fingerprint density at radius 2 is 1.95 bits per heavy atom. The number of alkyl halides is 3.